The Labute approximate surface area is 249 Å². The number of phenols is 1. The molecule has 0 bridgehead atoms. The number of hydrogen-bond donors (Lipinski definition) is 3. The van der Waals surface area contributed by atoms with Gasteiger partial charge in [-0.2, -0.15) is 0 Å². The first-order chi connectivity index (χ1) is 20.4. The highest BCUT2D eigenvalue weighted by Gasteiger charge is 2.20. The number of ether oxygens (including phenoxy) is 1. The molecule has 3 aromatic carbocycles. The van der Waals surface area contributed by atoms with Crippen LogP contribution < -0.4 is 10.5 Å². The van der Waals surface area contributed by atoms with Gasteiger partial charge in [-0.1, -0.05) is 54.1 Å². The van der Waals surface area contributed by atoms with Crippen molar-refractivity contribution in [1.29, 1.82) is 5.41 Å². The Balaban J connectivity index is 0.000000310. The van der Waals surface area contributed by atoms with Crippen molar-refractivity contribution in [2.75, 3.05) is 13.2 Å². The van der Waals surface area contributed by atoms with Gasteiger partial charge in [-0.05, 0) is 73.0 Å². The van der Waals surface area contributed by atoms with E-state index in [2.05, 4.69) is 17.1 Å². The molecule has 5 rings (SSSR count). The first-order valence-electron chi connectivity index (χ1n) is 13.6. The number of nitrogens with one attached hydrogen (secondary N) is 1. The number of carbonyl (C=O) groups excluding carboxylic acids is 2. The number of primary amides is 1. The molecule has 4 N–H and O–H groups in total. The standard InChI is InChI=1S/C26H27N3O2.C7H6ClNO2/c27-16-21-13-14-25(24-12-5-4-11-23(21)24)31-19-26(30)29(17-20-8-2-1-3-9-20)18-22-10-6-7-15-28-22;8-5-3-4(7(9)11)1-2-6(5)10/h2,4-8,10-16,20,27H,1,3,9,17-19H2;1-3,10H,(H2,9,11). The molecule has 0 radical (unpaired) electrons. The smallest absolute Gasteiger partial charge is 0.260 e. The average molecular weight is 585 g/mol. The number of amides is 2. The average Bonchev–Trinajstić information content (AvgIpc) is 3.02. The Hall–Kier alpha value is -4.69. The third kappa shape index (κ3) is 8.17. The Morgan fingerprint density at radius 1 is 1.10 bits per heavy atom. The fourth-order valence-corrected chi connectivity index (χ4v) is 4.88. The molecule has 1 aromatic heterocycles. The van der Waals surface area contributed by atoms with Gasteiger partial charge in [0.15, 0.2) is 6.61 Å². The summed E-state index contributed by atoms with van der Waals surface area (Å²) in [5.74, 6) is 0.354. The molecule has 0 spiro atoms. The van der Waals surface area contributed by atoms with Crippen molar-refractivity contribution in [2.24, 2.45) is 11.7 Å². The number of phenolic OH excluding ortho intramolecular Hbond substituents is 1. The minimum Gasteiger partial charge on any atom is -0.506 e. The zero-order valence-electron chi connectivity index (χ0n) is 23.1. The van der Waals surface area contributed by atoms with Crippen molar-refractivity contribution in [3.05, 3.63) is 113 Å². The molecule has 1 aliphatic carbocycles. The first kappa shape index (κ1) is 30.3. The lowest BCUT2D eigenvalue weighted by Gasteiger charge is -2.27. The van der Waals surface area contributed by atoms with Gasteiger partial charge in [-0.3, -0.25) is 14.6 Å². The minimum atomic E-state index is -0.563. The van der Waals surface area contributed by atoms with Gasteiger partial charge >= 0.3 is 0 Å². The largest absolute Gasteiger partial charge is 0.506 e. The van der Waals surface area contributed by atoms with E-state index in [4.69, 9.17) is 32.6 Å². The summed E-state index contributed by atoms with van der Waals surface area (Å²) in [6.45, 7) is 1.11. The molecule has 2 amide bonds. The van der Waals surface area contributed by atoms with Gasteiger partial charge in [-0.15, -0.1) is 0 Å². The van der Waals surface area contributed by atoms with Gasteiger partial charge in [0.25, 0.3) is 5.91 Å². The third-order valence-electron chi connectivity index (χ3n) is 6.90. The summed E-state index contributed by atoms with van der Waals surface area (Å²) < 4.78 is 5.98. The molecule has 1 atom stereocenters. The SMILES string of the molecule is N=Cc1ccc(OCC(=O)N(Cc2ccccn2)CC2C=CCCC2)c2ccccc12.NC(=O)c1ccc(O)c(Cl)c1. The van der Waals surface area contributed by atoms with Crippen LogP contribution in [-0.4, -0.2) is 46.2 Å². The van der Waals surface area contributed by atoms with Crippen LogP contribution in [0.25, 0.3) is 10.8 Å². The van der Waals surface area contributed by atoms with E-state index >= 15 is 0 Å². The third-order valence-corrected chi connectivity index (χ3v) is 7.20. The van der Waals surface area contributed by atoms with E-state index in [1.807, 2.05) is 59.5 Å². The highest BCUT2D eigenvalue weighted by Crippen LogP contribution is 2.28. The summed E-state index contributed by atoms with van der Waals surface area (Å²) >= 11 is 5.50. The molecular formula is C33H33ClN4O4. The molecule has 0 saturated heterocycles. The van der Waals surface area contributed by atoms with E-state index in [1.54, 1.807) is 6.20 Å². The van der Waals surface area contributed by atoms with Crippen LogP contribution in [0.1, 0.15) is 40.9 Å². The number of aromatic nitrogens is 1. The molecule has 1 aliphatic rings. The predicted molar refractivity (Wildman–Crippen MR) is 165 cm³/mol. The van der Waals surface area contributed by atoms with Crippen molar-refractivity contribution in [1.82, 2.24) is 9.88 Å². The molecule has 1 heterocycles. The number of benzene rings is 3. The Morgan fingerprint density at radius 2 is 1.88 bits per heavy atom. The van der Waals surface area contributed by atoms with Crippen LogP contribution in [0, 0.1) is 11.3 Å². The van der Waals surface area contributed by atoms with Crippen molar-refractivity contribution in [2.45, 2.75) is 25.8 Å². The quantitative estimate of drug-likeness (QED) is 0.161. The highest BCUT2D eigenvalue weighted by atomic mass is 35.5. The summed E-state index contributed by atoms with van der Waals surface area (Å²) in [5.41, 5.74) is 6.94. The number of allylic oxidation sites excluding steroid dienone is 1. The number of hydrogen-bond acceptors (Lipinski definition) is 6. The number of aromatic hydroxyl groups is 1. The maximum atomic E-state index is 13.2. The fraction of sp³-hybridized carbons (Fsp3) is 0.212. The van der Waals surface area contributed by atoms with Gasteiger partial charge < -0.3 is 25.9 Å². The maximum Gasteiger partial charge on any atom is 0.260 e. The van der Waals surface area contributed by atoms with Crippen LogP contribution in [0.4, 0.5) is 0 Å². The molecule has 0 fully saturated rings. The van der Waals surface area contributed by atoms with Crippen molar-refractivity contribution in [3.8, 4) is 11.5 Å². The lowest BCUT2D eigenvalue weighted by molar-refractivity contribution is -0.134. The monoisotopic (exact) mass is 584 g/mol. The van der Waals surface area contributed by atoms with E-state index < -0.39 is 5.91 Å². The molecule has 4 aromatic rings. The molecule has 42 heavy (non-hydrogen) atoms. The topological polar surface area (TPSA) is 130 Å². The summed E-state index contributed by atoms with van der Waals surface area (Å²) in [6, 6.07) is 21.3. The number of carbonyl (C=O) groups is 2. The van der Waals surface area contributed by atoms with Crippen molar-refractivity contribution < 1.29 is 19.4 Å². The second kappa shape index (κ2) is 14.8. The fourth-order valence-electron chi connectivity index (χ4n) is 4.70. The van der Waals surface area contributed by atoms with Crippen molar-refractivity contribution in [3.63, 3.8) is 0 Å². The Kier molecular flexibility index (Phi) is 10.7. The molecule has 0 saturated carbocycles. The van der Waals surface area contributed by atoms with Crippen LogP contribution in [0.5, 0.6) is 11.5 Å². The molecule has 0 aliphatic heterocycles. The molecular weight excluding hydrogens is 552 g/mol. The lowest BCUT2D eigenvalue weighted by atomic mass is 9.95. The zero-order valence-corrected chi connectivity index (χ0v) is 23.8. The number of halogens is 1. The van der Waals surface area contributed by atoms with Crippen LogP contribution in [-0.2, 0) is 11.3 Å². The Bertz CT molecular complexity index is 1580. The summed E-state index contributed by atoms with van der Waals surface area (Å²) in [5, 5.41) is 18.5. The van der Waals surface area contributed by atoms with Gasteiger partial charge in [-0.25, -0.2) is 0 Å². The zero-order chi connectivity index (χ0) is 29.9. The number of nitrogens with two attached hydrogens (primary N) is 1. The molecule has 9 heteroatoms. The minimum absolute atomic E-state index is 0.0306. The maximum absolute atomic E-state index is 13.2. The van der Waals surface area contributed by atoms with E-state index in [0.717, 1.165) is 41.3 Å². The van der Waals surface area contributed by atoms with Crippen LogP contribution in [0.3, 0.4) is 0 Å². The summed E-state index contributed by atoms with van der Waals surface area (Å²) in [4.78, 5) is 30.0. The summed E-state index contributed by atoms with van der Waals surface area (Å²) in [7, 11) is 0. The number of pyridine rings is 1. The first-order valence-corrected chi connectivity index (χ1v) is 14.0. The van der Waals surface area contributed by atoms with Crippen LogP contribution in [0.15, 0.2) is 91.1 Å². The predicted octanol–water partition coefficient (Wildman–Crippen LogP) is 6.14. The van der Waals surface area contributed by atoms with Gasteiger partial charge in [0.05, 0.1) is 17.3 Å². The van der Waals surface area contributed by atoms with E-state index in [9.17, 15) is 9.59 Å². The number of rotatable bonds is 9. The summed E-state index contributed by atoms with van der Waals surface area (Å²) in [6.07, 6.45) is 10.9. The van der Waals surface area contributed by atoms with E-state index in [-0.39, 0.29) is 28.8 Å². The van der Waals surface area contributed by atoms with Crippen LogP contribution in [0.2, 0.25) is 5.02 Å². The van der Waals surface area contributed by atoms with E-state index in [0.29, 0.717) is 24.8 Å². The Morgan fingerprint density at radius 3 is 2.55 bits per heavy atom. The van der Waals surface area contributed by atoms with Crippen LogP contribution >= 0.6 is 11.6 Å². The normalized spacial score (nSPS) is 14.0. The van der Waals surface area contributed by atoms with Gasteiger partial charge in [0, 0.05) is 35.5 Å². The molecule has 1 unspecified atom stereocenters. The number of fused-ring (bicyclic) bond motifs is 1. The second-order valence-electron chi connectivity index (χ2n) is 9.88. The van der Waals surface area contributed by atoms with Gasteiger partial charge in [0.1, 0.15) is 11.5 Å². The molecule has 216 valence electrons. The highest BCUT2D eigenvalue weighted by molar-refractivity contribution is 6.32. The van der Waals surface area contributed by atoms with E-state index in [1.165, 1.54) is 24.4 Å². The lowest BCUT2D eigenvalue weighted by Crippen LogP contribution is -2.38. The second-order valence-corrected chi connectivity index (χ2v) is 10.3. The van der Waals surface area contributed by atoms with Crippen molar-refractivity contribution >= 4 is 40.4 Å². The van der Waals surface area contributed by atoms with Gasteiger partial charge in [0.2, 0.25) is 5.91 Å². The molecule has 8 nitrogen and oxygen atoms in total. The number of nitrogens with zero attached hydrogens (tertiary/aromatic N) is 2.